The van der Waals surface area contributed by atoms with E-state index in [4.69, 9.17) is 14.2 Å². The monoisotopic (exact) mass is 1350 g/mol. The van der Waals surface area contributed by atoms with Gasteiger partial charge in [0, 0.05) is 64.7 Å². The van der Waals surface area contributed by atoms with Crippen molar-refractivity contribution in [3.63, 3.8) is 0 Å². The van der Waals surface area contributed by atoms with E-state index in [1.165, 1.54) is 94.6 Å². The summed E-state index contributed by atoms with van der Waals surface area (Å²) in [5.41, 5.74) is 23.6. The second-order valence-corrected chi connectivity index (χ2v) is 29.7. The Kier molecular flexibility index (Phi) is 17.0. The van der Waals surface area contributed by atoms with Crippen LogP contribution in [0, 0.1) is 0 Å². The molecule has 15 aromatic rings. The van der Waals surface area contributed by atoms with Gasteiger partial charge in [-0.15, -0.1) is 0 Å². The van der Waals surface area contributed by atoms with Gasteiger partial charge < -0.3 is 28.9 Å². The molecule has 6 nitrogen and oxygen atoms in total. The average molecular weight is 1350 g/mol. The number of ether oxygens (including phenoxy) is 3. The van der Waals surface area contributed by atoms with Crippen molar-refractivity contribution in [3.05, 3.63) is 368 Å². The topological polar surface area (TPSA) is 37.4 Å². The lowest BCUT2D eigenvalue weighted by molar-refractivity contribution is -0.0431. The number of benzene rings is 15. The SMILES string of the molecule is CC1(C)CC(C)(C)c2cc(-c3cc4ccccc4cc3N(c3ccccc3)c3ccccc3)ccc21.CC1(C)Oc2ccc(-c3cc4ccccc4cc3N(c3ccccc3)c3ccccc3)cc2O1.c1ccc(N(c2ccccc2)c2cc3ccccc3cc2-c2ccc3c(c2)C2CCC3O2)cc1. The summed E-state index contributed by atoms with van der Waals surface area (Å²) in [5, 5.41) is 7.38. The van der Waals surface area contributed by atoms with E-state index >= 15 is 0 Å². The fourth-order valence-electron chi connectivity index (χ4n) is 16.6. The van der Waals surface area contributed by atoms with Crippen molar-refractivity contribution < 1.29 is 14.2 Å². The second-order valence-electron chi connectivity index (χ2n) is 29.7. The van der Waals surface area contributed by atoms with Crippen LogP contribution in [-0.2, 0) is 15.6 Å². The first-order chi connectivity index (χ1) is 50.8. The highest BCUT2D eigenvalue weighted by Crippen LogP contribution is 2.55. The summed E-state index contributed by atoms with van der Waals surface area (Å²) in [6.07, 6.45) is 3.99. The van der Waals surface area contributed by atoms with Gasteiger partial charge in [-0.25, -0.2) is 0 Å². The zero-order chi connectivity index (χ0) is 70.5. The lowest BCUT2D eigenvalue weighted by Crippen LogP contribution is -2.29. The van der Waals surface area contributed by atoms with Gasteiger partial charge >= 0.3 is 0 Å². The fourth-order valence-corrected chi connectivity index (χ4v) is 16.6. The highest BCUT2D eigenvalue weighted by molar-refractivity contribution is 6.02. The molecule has 15 aromatic carbocycles. The van der Waals surface area contributed by atoms with Crippen LogP contribution in [0.1, 0.15) is 95.3 Å². The quantitative estimate of drug-likeness (QED) is 0.121. The number of hydrogen-bond acceptors (Lipinski definition) is 6. The smallest absolute Gasteiger partial charge is 0.246 e. The van der Waals surface area contributed by atoms with Crippen molar-refractivity contribution in [1.29, 1.82) is 0 Å². The fraction of sp³-hybridized carbons (Fsp3) is 0.143. The van der Waals surface area contributed by atoms with E-state index in [2.05, 4.69) is 370 Å². The predicted octanol–water partition coefficient (Wildman–Crippen LogP) is 27.3. The Balaban J connectivity index is 0.000000115. The first-order valence-corrected chi connectivity index (χ1v) is 36.5. The number of hydrogen-bond donors (Lipinski definition) is 0. The van der Waals surface area contributed by atoms with Crippen LogP contribution in [0.2, 0.25) is 0 Å². The molecule has 2 atom stereocenters. The molecule has 0 aromatic heterocycles. The van der Waals surface area contributed by atoms with E-state index in [0.29, 0.717) is 0 Å². The van der Waals surface area contributed by atoms with Crippen LogP contribution in [0.4, 0.5) is 51.2 Å². The van der Waals surface area contributed by atoms with Gasteiger partial charge in [-0.05, 0) is 229 Å². The second kappa shape index (κ2) is 27.1. The summed E-state index contributed by atoms with van der Waals surface area (Å²) in [7, 11) is 0. The van der Waals surface area contributed by atoms with Gasteiger partial charge in [0.2, 0.25) is 5.79 Å². The molecule has 1 aliphatic carbocycles. The van der Waals surface area contributed by atoms with Gasteiger partial charge in [-0.3, -0.25) is 0 Å². The third-order valence-electron chi connectivity index (χ3n) is 21.2. The van der Waals surface area contributed by atoms with Crippen molar-refractivity contribution in [2.45, 2.75) is 89.6 Å². The van der Waals surface area contributed by atoms with Crippen molar-refractivity contribution in [2.75, 3.05) is 14.7 Å². The molecule has 3 heterocycles. The molecule has 2 bridgehead atoms. The maximum Gasteiger partial charge on any atom is 0.246 e. The molecule has 2 unspecified atom stereocenters. The molecule has 1 fully saturated rings. The Morgan fingerprint density at radius 2 is 0.577 bits per heavy atom. The lowest BCUT2D eigenvalue weighted by Gasteiger charge is -2.29. The molecule has 508 valence electrons. The van der Waals surface area contributed by atoms with Crippen LogP contribution in [0.25, 0.3) is 65.7 Å². The number of nitrogens with zero attached hydrogens (tertiary/aromatic N) is 3. The Morgan fingerprint density at radius 1 is 0.269 bits per heavy atom. The Hall–Kier alpha value is -12.0. The molecule has 1 saturated heterocycles. The van der Waals surface area contributed by atoms with Crippen LogP contribution in [0.3, 0.4) is 0 Å². The van der Waals surface area contributed by atoms with Crippen molar-refractivity contribution in [2.24, 2.45) is 0 Å². The first kappa shape index (κ1) is 65.4. The highest BCUT2D eigenvalue weighted by Gasteiger charge is 2.42. The van der Waals surface area contributed by atoms with Gasteiger partial charge in [0.25, 0.3) is 0 Å². The van der Waals surface area contributed by atoms with Crippen molar-refractivity contribution in [3.8, 4) is 44.9 Å². The minimum Gasteiger partial charge on any atom is -0.449 e. The Morgan fingerprint density at radius 3 is 0.971 bits per heavy atom. The van der Waals surface area contributed by atoms with Crippen molar-refractivity contribution >= 4 is 83.5 Å². The van der Waals surface area contributed by atoms with E-state index in [1.807, 2.05) is 32.0 Å². The third-order valence-corrected chi connectivity index (χ3v) is 21.2. The molecule has 0 amide bonds. The normalized spacial score (nSPS) is 15.8. The van der Waals surface area contributed by atoms with E-state index in [0.717, 1.165) is 75.3 Å². The average Bonchev–Trinajstić information content (AvgIpc) is 1.36. The van der Waals surface area contributed by atoms with Gasteiger partial charge in [0.05, 0.1) is 29.3 Å². The van der Waals surface area contributed by atoms with Gasteiger partial charge in [-0.1, -0.05) is 246 Å². The lowest BCUT2D eigenvalue weighted by atomic mass is 9.82. The van der Waals surface area contributed by atoms with Crippen LogP contribution >= 0.6 is 0 Å². The zero-order valence-electron chi connectivity index (χ0n) is 59.8. The molecule has 3 aliphatic heterocycles. The molecule has 0 spiro atoms. The summed E-state index contributed by atoms with van der Waals surface area (Å²) in [6.45, 7) is 13.4. The molecule has 0 N–H and O–H groups in total. The summed E-state index contributed by atoms with van der Waals surface area (Å²) in [4.78, 5) is 7.08. The Labute approximate surface area is 611 Å². The number of anilines is 9. The molecule has 0 radical (unpaired) electrons. The van der Waals surface area contributed by atoms with Gasteiger partial charge in [0.1, 0.15) is 0 Å². The number of para-hydroxylation sites is 6. The standard InChI is InChI=1S/C35H33N.C32H25NO.C31H25NO2/c1-34(2)24-35(3,4)32-22-27(19-20-31(32)34)30-21-25-13-11-12-14-26(25)23-33(30)36(28-15-7-5-8-16-28)29-17-9-6-10-18-29;1-3-11-25(12-4-1)33(26-13-5-2-6-14-26)30-21-23-10-8-7-9-22(23)19-28(30)24-15-16-27-29(20-24)32-18-17-31(27)34-32;1-31(2)33-29-18-17-24(21-30(29)34-31)27-19-22-11-9-10-12-23(22)20-28(27)32(25-13-5-3-6-14-25)26-15-7-4-8-16-26/h5-23H,24H2,1-4H3;1-16,19-21,31-32H,17-18H2;3-21H,1-2H3. The third kappa shape index (κ3) is 12.7. The number of fused-ring (bicyclic) bond motifs is 10. The van der Waals surface area contributed by atoms with E-state index in [1.54, 1.807) is 0 Å². The van der Waals surface area contributed by atoms with Crippen LogP contribution < -0.4 is 24.2 Å². The molecule has 6 heteroatoms. The van der Waals surface area contributed by atoms with Crippen LogP contribution in [-0.4, -0.2) is 5.79 Å². The minimum absolute atomic E-state index is 0.157. The Bertz CT molecular complexity index is 5510. The van der Waals surface area contributed by atoms with E-state index in [9.17, 15) is 0 Å². The predicted molar refractivity (Wildman–Crippen MR) is 434 cm³/mol. The van der Waals surface area contributed by atoms with Gasteiger partial charge in [-0.2, -0.15) is 0 Å². The maximum absolute atomic E-state index is 6.21. The zero-order valence-corrected chi connectivity index (χ0v) is 59.8. The highest BCUT2D eigenvalue weighted by atomic mass is 16.7. The summed E-state index contributed by atoms with van der Waals surface area (Å²) in [6, 6.07) is 124. The first-order valence-electron chi connectivity index (χ1n) is 36.5. The molecule has 4 aliphatic rings. The largest absolute Gasteiger partial charge is 0.449 e. The van der Waals surface area contributed by atoms with Crippen molar-refractivity contribution in [1.82, 2.24) is 0 Å². The maximum atomic E-state index is 6.21. The van der Waals surface area contributed by atoms with Crippen LogP contribution in [0.15, 0.2) is 346 Å². The molecule has 19 rings (SSSR count). The molecular weight excluding hydrogens is 1270 g/mol. The summed E-state index contributed by atoms with van der Waals surface area (Å²) in [5.74, 6) is 0.888. The molecule has 104 heavy (non-hydrogen) atoms. The molecule has 0 saturated carbocycles. The van der Waals surface area contributed by atoms with Crippen LogP contribution in [0.5, 0.6) is 11.5 Å². The minimum atomic E-state index is -0.659. The summed E-state index contributed by atoms with van der Waals surface area (Å²) < 4.78 is 18.2. The van der Waals surface area contributed by atoms with Gasteiger partial charge in [0.15, 0.2) is 11.5 Å². The van der Waals surface area contributed by atoms with E-state index < -0.39 is 5.79 Å². The summed E-state index contributed by atoms with van der Waals surface area (Å²) >= 11 is 0. The van der Waals surface area contributed by atoms with E-state index in [-0.39, 0.29) is 23.0 Å². The number of rotatable bonds is 12. The molecular formula is C98H83N3O3.